The molecule has 3 fully saturated rings. The first-order valence-electron chi connectivity index (χ1n) is 16.2. The van der Waals surface area contributed by atoms with E-state index in [9.17, 15) is 14.4 Å². The van der Waals surface area contributed by atoms with Gasteiger partial charge in [-0.25, -0.2) is 9.59 Å². The molecule has 4 aliphatic heterocycles. The molecule has 3 saturated heterocycles. The Morgan fingerprint density at radius 3 is 2.36 bits per heavy atom. The maximum absolute atomic E-state index is 13.9. The third-order valence-electron chi connectivity index (χ3n) is 9.75. The van der Waals surface area contributed by atoms with E-state index in [0.717, 1.165) is 66.7 Å². The van der Waals surface area contributed by atoms with Crippen LogP contribution >= 0.6 is 15.9 Å². The lowest BCUT2D eigenvalue weighted by Crippen LogP contribution is -2.54. The Labute approximate surface area is 275 Å². The van der Waals surface area contributed by atoms with E-state index in [1.54, 1.807) is 11.0 Å². The third kappa shape index (κ3) is 7.56. The monoisotopic (exact) mass is 683 g/mol. The number of carbonyl (C=O) groups is 3. The van der Waals surface area contributed by atoms with Gasteiger partial charge in [0.05, 0.1) is 0 Å². The zero-order valence-electron chi connectivity index (χ0n) is 25.8. The quantitative estimate of drug-likeness (QED) is 0.396. The van der Waals surface area contributed by atoms with E-state index in [1.165, 1.54) is 0 Å². The molecule has 4 N–H and O–H groups in total. The van der Waals surface area contributed by atoms with Crippen molar-refractivity contribution in [3.05, 3.63) is 58.1 Å². The molecule has 2 aromatic carbocycles. The molecule has 6 rings (SSSR count). The predicted molar refractivity (Wildman–Crippen MR) is 179 cm³/mol. The van der Waals surface area contributed by atoms with Gasteiger partial charge in [0.25, 0.3) is 5.91 Å². The first-order valence-corrected chi connectivity index (χ1v) is 17.0. The minimum absolute atomic E-state index is 0. The van der Waals surface area contributed by atoms with E-state index in [0.29, 0.717) is 57.3 Å². The van der Waals surface area contributed by atoms with Gasteiger partial charge in [-0.3, -0.25) is 9.69 Å². The molecule has 12 heteroatoms. The Kier molecular flexibility index (Phi) is 10.1. The van der Waals surface area contributed by atoms with Gasteiger partial charge in [0, 0.05) is 94.7 Å². The molecule has 0 aromatic heterocycles. The highest BCUT2D eigenvalue weighted by atomic mass is 79.9. The molecule has 0 spiro atoms. The van der Waals surface area contributed by atoms with Gasteiger partial charge in [0.1, 0.15) is 0 Å². The van der Waals surface area contributed by atoms with Crippen molar-refractivity contribution in [3.8, 4) is 0 Å². The number of ether oxygens (including phenoxy) is 1. The zero-order valence-corrected chi connectivity index (χ0v) is 27.3. The van der Waals surface area contributed by atoms with Gasteiger partial charge < -0.3 is 35.8 Å². The second-order valence-electron chi connectivity index (χ2n) is 12.5. The van der Waals surface area contributed by atoms with Gasteiger partial charge >= 0.3 is 12.1 Å². The van der Waals surface area contributed by atoms with Crippen LogP contribution in [0.15, 0.2) is 46.9 Å². The number of hydrogen-bond donors (Lipinski definition) is 3. The van der Waals surface area contributed by atoms with Crippen molar-refractivity contribution in [1.82, 2.24) is 24.9 Å². The minimum Gasteiger partial charge on any atom is -0.436 e. The Hall–Kier alpha value is -3.35. The smallest absolute Gasteiger partial charge is 0.410 e. The molecule has 45 heavy (non-hydrogen) atoms. The number of hydrogen-bond acceptors (Lipinski definition) is 7. The topological polar surface area (TPSA) is 123 Å². The number of halogens is 1. The summed E-state index contributed by atoms with van der Waals surface area (Å²) < 4.78 is 6.77. The lowest BCUT2D eigenvalue weighted by molar-refractivity contribution is -0.142. The Bertz CT molecular complexity index is 1380. The fourth-order valence-electron chi connectivity index (χ4n) is 7.09. The molecule has 0 unspecified atom stereocenters. The number of piperidine rings is 2. The Morgan fingerprint density at radius 1 is 0.933 bits per heavy atom. The highest BCUT2D eigenvalue weighted by Crippen LogP contribution is 2.27. The Morgan fingerprint density at radius 2 is 1.62 bits per heavy atom. The van der Waals surface area contributed by atoms with Gasteiger partial charge in [0.15, 0.2) is 6.10 Å². The lowest BCUT2D eigenvalue weighted by Gasteiger charge is -2.41. The van der Waals surface area contributed by atoms with Gasteiger partial charge in [-0.2, -0.15) is 0 Å². The number of amides is 4. The fourth-order valence-corrected chi connectivity index (χ4v) is 7.51. The normalized spacial score (nSPS) is 21.1. The Balaban J connectivity index is 0.00000417. The zero-order chi connectivity index (χ0) is 31.3. The van der Waals surface area contributed by atoms with Crippen molar-refractivity contribution in [2.45, 2.75) is 56.7 Å². The van der Waals surface area contributed by atoms with Crippen molar-refractivity contribution >= 4 is 45.3 Å². The van der Waals surface area contributed by atoms with E-state index >= 15 is 0 Å². The first-order chi connectivity index (χ1) is 21.9. The van der Waals surface area contributed by atoms with Crippen LogP contribution in [-0.2, 0) is 22.4 Å². The van der Waals surface area contributed by atoms with Crippen LogP contribution in [0.25, 0.3) is 0 Å². The van der Waals surface area contributed by atoms with Crippen LogP contribution in [0.5, 0.6) is 0 Å². The number of rotatable bonds is 6. The molecule has 4 heterocycles. The van der Waals surface area contributed by atoms with Gasteiger partial charge in [0.2, 0.25) is 0 Å². The summed E-state index contributed by atoms with van der Waals surface area (Å²) in [6.07, 6.45) is 2.79. The summed E-state index contributed by atoms with van der Waals surface area (Å²) in [6.45, 7) is 6.96. The number of nitrogens with one attached hydrogen (secondary N) is 2. The van der Waals surface area contributed by atoms with E-state index in [2.05, 4.69) is 31.5 Å². The standard InChI is InChI=1S/C33H44BrN7O4.H2/c34-27-21-23(5-6-28(27)35)22-30(31(42)39-14-8-25(9-15-39)38-19-12-36-13-20-38)45-33(44)40-16-10-26(11-17-40)41-18-7-24-3-1-2-4-29(24)37-32(41)43;/h1-6,21,25-26,30,36H,7-20,22,35H2,(H,37,43);1H/t30-;/m1./s1. The van der Waals surface area contributed by atoms with Crippen molar-refractivity contribution in [2.75, 3.05) is 70.0 Å². The number of urea groups is 1. The molecule has 4 aliphatic rings. The van der Waals surface area contributed by atoms with E-state index in [-0.39, 0.29) is 25.8 Å². The van der Waals surface area contributed by atoms with Crippen LogP contribution in [0.1, 0.15) is 38.2 Å². The van der Waals surface area contributed by atoms with Crippen LogP contribution in [0.4, 0.5) is 21.0 Å². The summed E-state index contributed by atoms with van der Waals surface area (Å²) >= 11 is 3.49. The number of para-hydroxylation sites is 1. The van der Waals surface area contributed by atoms with Crippen LogP contribution in [0, 0.1) is 0 Å². The van der Waals surface area contributed by atoms with Gasteiger partial charge in [-0.15, -0.1) is 0 Å². The van der Waals surface area contributed by atoms with E-state index in [4.69, 9.17) is 10.5 Å². The molecular formula is C33H46BrN7O4. The molecule has 2 aromatic rings. The van der Waals surface area contributed by atoms with Crippen LogP contribution < -0.4 is 16.4 Å². The second-order valence-corrected chi connectivity index (χ2v) is 13.4. The number of fused-ring (bicyclic) bond motifs is 1. The maximum atomic E-state index is 13.9. The van der Waals surface area contributed by atoms with Gasteiger partial charge in [-0.1, -0.05) is 24.3 Å². The van der Waals surface area contributed by atoms with Crippen molar-refractivity contribution in [2.24, 2.45) is 0 Å². The summed E-state index contributed by atoms with van der Waals surface area (Å²) in [5, 5.41) is 6.46. The highest BCUT2D eigenvalue weighted by molar-refractivity contribution is 9.10. The van der Waals surface area contributed by atoms with Crippen molar-refractivity contribution in [1.29, 1.82) is 0 Å². The lowest BCUT2D eigenvalue weighted by atomic mass is 10.0. The number of benzene rings is 2. The van der Waals surface area contributed by atoms with E-state index in [1.807, 2.05) is 46.2 Å². The molecule has 1 atom stereocenters. The summed E-state index contributed by atoms with van der Waals surface area (Å²) in [6, 6.07) is 13.9. The average Bonchev–Trinajstić information content (AvgIpc) is 3.24. The van der Waals surface area contributed by atoms with Crippen molar-refractivity contribution < 1.29 is 20.5 Å². The molecule has 0 radical (unpaired) electrons. The number of nitrogen functional groups attached to an aromatic ring is 1. The predicted octanol–water partition coefficient (Wildman–Crippen LogP) is 3.78. The second kappa shape index (κ2) is 14.4. The summed E-state index contributed by atoms with van der Waals surface area (Å²) in [7, 11) is 0. The number of nitrogens with zero attached hydrogens (tertiary/aromatic N) is 4. The highest BCUT2D eigenvalue weighted by Gasteiger charge is 2.36. The van der Waals surface area contributed by atoms with Crippen molar-refractivity contribution in [3.63, 3.8) is 0 Å². The number of likely N-dealkylation sites (tertiary alicyclic amines) is 2. The molecule has 11 nitrogen and oxygen atoms in total. The van der Waals surface area contributed by atoms with E-state index < -0.39 is 12.2 Å². The summed E-state index contributed by atoms with van der Waals surface area (Å²) in [5.41, 5.74) is 9.47. The molecule has 244 valence electrons. The molecule has 4 amide bonds. The third-order valence-corrected chi connectivity index (χ3v) is 10.4. The number of anilines is 2. The SMILES string of the molecule is Nc1ccc(C[C@@H](OC(=O)N2CCC(N3CCc4ccccc4NC3=O)CC2)C(=O)N2CCC(N3CCNCC3)CC2)cc1Br.[HH]. The first kappa shape index (κ1) is 31.6. The molecular weight excluding hydrogens is 638 g/mol. The van der Waals surface area contributed by atoms with Crippen LogP contribution in [0.2, 0.25) is 0 Å². The number of piperazine rings is 1. The molecule has 0 aliphatic carbocycles. The van der Waals surface area contributed by atoms with Gasteiger partial charge in [-0.05, 0) is 77.4 Å². The largest absolute Gasteiger partial charge is 0.436 e. The molecule has 0 saturated carbocycles. The summed E-state index contributed by atoms with van der Waals surface area (Å²) in [4.78, 5) is 48.4. The number of carbonyl (C=O) groups excluding carboxylic acids is 3. The van der Waals surface area contributed by atoms with Crippen LogP contribution in [-0.4, -0.2) is 115 Å². The fraction of sp³-hybridized carbons (Fsp3) is 0.545. The minimum atomic E-state index is -0.934. The maximum Gasteiger partial charge on any atom is 0.410 e. The average molecular weight is 685 g/mol. The summed E-state index contributed by atoms with van der Waals surface area (Å²) in [5.74, 6) is -0.147. The number of nitrogens with two attached hydrogens (primary N) is 1. The van der Waals surface area contributed by atoms with Crippen LogP contribution in [0.3, 0.4) is 0 Å². The molecule has 0 bridgehead atoms.